The van der Waals surface area contributed by atoms with Crippen LogP contribution >= 0.6 is 11.8 Å². The van der Waals surface area contributed by atoms with Gasteiger partial charge in [-0.05, 0) is 5.92 Å². The summed E-state index contributed by atoms with van der Waals surface area (Å²) in [6.45, 7) is 1.92. The zero-order chi connectivity index (χ0) is 10.6. The van der Waals surface area contributed by atoms with E-state index in [0.29, 0.717) is 5.75 Å². The van der Waals surface area contributed by atoms with Crippen LogP contribution in [0, 0.1) is 5.92 Å². The SMILES string of the molecule is CC(CO)CSc1n[nH]c(=O)[nH]c1=O. The first kappa shape index (κ1) is 11.0. The van der Waals surface area contributed by atoms with Crippen molar-refractivity contribution in [3.05, 3.63) is 20.8 Å². The summed E-state index contributed by atoms with van der Waals surface area (Å²) in [4.78, 5) is 23.8. The molecule has 0 spiro atoms. The molecule has 1 aromatic heterocycles. The van der Waals surface area contributed by atoms with Gasteiger partial charge in [0.15, 0.2) is 5.03 Å². The lowest BCUT2D eigenvalue weighted by Crippen LogP contribution is -2.25. The Morgan fingerprint density at radius 1 is 1.57 bits per heavy atom. The first-order valence-corrected chi connectivity index (χ1v) is 5.04. The predicted octanol–water partition coefficient (Wildman–Crippen LogP) is -0.821. The fourth-order valence-corrected chi connectivity index (χ4v) is 1.55. The predicted molar refractivity (Wildman–Crippen MR) is 52.5 cm³/mol. The minimum Gasteiger partial charge on any atom is -0.396 e. The van der Waals surface area contributed by atoms with Crippen molar-refractivity contribution in [1.82, 2.24) is 15.2 Å². The second kappa shape index (κ2) is 4.97. The molecule has 0 fully saturated rings. The molecule has 1 atom stereocenters. The average molecular weight is 217 g/mol. The minimum absolute atomic E-state index is 0.0637. The van der Waals surface area contributed by atoms with E-state index in [1.807, 2.05) is 6.92 Å². The molecule has 7 heteroatoms. The van der Waals surface area contributed by atoms with Crippen LogP contribution in [0.2, 0.25) is 0 Å². The summed E-state index contributed by atoms with van der Waals surface area (Å²) in [5.41, 5.74) is -1.11. The van der Waals surface area contributed by atoms with Gasteiger partial charge in [-0.25, -0.2) is 9.89 Å². The summed E-state index contributed by atoms with van der Waals surface area (Å²) >= 11 is 1.20. The molecule has 78 valence electrons. The lowest BCUT2D eigenvalue weighted by molar-refractivity contribution is 0.250. The minimum atomic E-state index is -0.616. The molecule has 0 aliphatic heterocycles. The van der Waals surface area contributed by atoms with Gasteiger partial charge in [-0.2, -0.15) is 5.10 Å². The molecule has 3 N–H and O–H groups in total. The highest BCUT2D eigenvalue weighted by Crippen LogP contribution is 2.12. The van der Waals surface area contributed by atoms with E-state index < -0.39 is 11.2 Å². The van der Waals surface area contributed by atoms with E-state index in [4.69, 9.17) is 5.11 Å². The molecule has 1 aromatic rings. The molecular weight excluding hydrogens is 206 g/mol. The zero-order valence-electron chi connectivity index (χ0n) is 7.61. The molecule has 0 aliphatic rings. The summed E-state index contributed by atoms with van der Waals surface area (Å²) in [6.07, 6.45) is 0. The number of hydrogen-bond acceptors (Lipinski definition) is 5. The third-order valence-corrected chi connectivity index (χ3v) is 2.78. The van der Waals surface area contributed by atoms with E-state index in [-0.39, 0.29) is 17.6 Å². The van der Waals surface area contributed by atoms with E-state index in [1.54, 1.807) is 0 Å². The van der Waals surface area contributed by atoms with Gasteiger partial charge < -0.3 is 5.11 Å². The lowest BCUT2D eigenvalue weighted by atomic mass is 10.2. The second-order valence-electron chi connectivity index (χ2n) is 2.91. The van der Waals surface area contributed by atoms with Gasteiger partial charge in [-0.3, -0.25) is 9.78 Å². The van der Waals surface area contributed by atoms with Gasteiger partial charge in [-0.1, -0.05) is 18.7 Å². The first-order valence-electron chi connectivity index (χ1n) is 4.06. The highest BCUT2D eigenvalue weighted by atomic mass is 32.2. The number of aromatic amines is 2. The average Bonchev–Trinajstić information content (AvgIpc) is 2.16. The summed E-state index contributed by atoms with van der Waals surface area (Å²) < 4.78 is 0. The van der Waals surface area contributed by atoms with Crippen LogP contribution < -0.4 is 11.2 Å². The van der Waals surface area contributed by atoms with Gasteiger partial charge in [0.05, 0.1) is 0 Å². The zero-order valence-corrected chi connectivity index (χ0v) is 8.43. The van der Waals surface area contributed by atoms with Crippen LogP contribution in [0.25, 0.3) is 0 Å². The third-order valence-electron chi connectivity index (χ3n) is 1.50. The van der Waals surface area contributed by atoms with Gasteiger partial charge in [0, 0.05) is 12.4 Å². The topological polar surface area (TPSA) is 98.8 Å². The summed E-state index contributed by atoms with van der Waals surface area (Å²) in [5, 5.41) is 14.7. The number of nitrogens with zero attached hydrogens (tertiary/aromatic N) is 1. The van der Waals surface area contributed by atoms with Crippen LogP contribution in [-0.2, 0) is 0 Å². The number of nitrogens with one attached hydrogen (secondary N) is 2. The number of aromatic nitrogens is 3. The molecular formula is C7H11N3O3S. The summed E-state index contributed by atoms with van der Waals surface area (Å²) in [6, 6.07) is 0. The number of hydrogen-bond donors (Lipinski definition) is 3. The molecule has 0 amide bonds. The van der Waals surface area contributed by atoms with Gasteiger partial charge >= 0.3 is 5.69 Å². The van der Waals surface area contributed by atoms with Gasteiger partial charge in [0.25, 0.3) is 5.56 Å². The molecule has 0 aromatic carbocycles. The third kappa shape index (κ3) is 3.00. The van der Waals surface area contributed by atoms with E-state index in [1.165, 1.54) is 11.8 Å². The smallest absolute Gasteiger partial charge is 0.342 e. The Morgan fingerprint density at radius 3 is 2.86 bits per heavy atom. The molecule has 0 saturated heterocycles. The van der Waals surface area contributed by atoms with Crippen molar-refractivity contribution in [2.75, 3.05) is 12.4 Å². The van der Waals surface area contributed by atoms with Crippen molar-refractivity contribution in [2.24, 2.45) is 5.92 Å². The number of aliphatic hydroxyl groups excluding tert-OH is 1. The molecule has 6 nitrogen and oxygen atoms in total. The molecule has 1 heterocycles. The quantitative estimate of drug-likeness (QED) is 0.572. The van der Waals surface area contributed by atoms with Crippen molar-refractivity contribution in [3.8, 4) is 0 Å². The molecule has 14 heavy (non-hydrogen) atoms. The Kier molecular flexibility index (Phi) is 3.90. The van der Waals surface area contributed by atoms with Crippen LogP contribution in [0.1, 0.15) is 6.92 Å². The van der Waals surface area contributed by atoms with Crippen molar-refractivity contribution in [1.29, 1.82) is 0 Å². The monoisotopic (exact) mass is 217 g/mol. The van der Waals surface area contributed by atoms with Crippen LogP contribution in [-0.4, -0.2) is 32.6 Å². The van der Waals surface area contributed by atoms with Crippen molar-refractivity contribution < 1.29 is 5.11 Å². The first-order chi connectivity index (χ1) is 6.63. The van der Waals surface area contributed by atoms with Gasteiger partial charge in [-0.15, -0.1) is 0 Å². The molecule has 1 rings (SSSR count). The molecule has 1 unspecified atom stereocenters. The Morgan fingerprint density at radius 2 is 2.29 bits per heavy atom. The van der Waals surface area contributed by atoms with Crippen LogP contribution in [0.15, 0.2) is 14.6 Å². The van der Waals surface area contributed by atoms with Gasteiger partial charge in [0.2, 0.25) is 0 Å². The van der Waals surface area contributed by atoms with Crippen LogP contribution in [0.5, 0.6) is 0 Å². The fourth-order valence-electron chi connectivity index (χ4n) is 0.709. The number of aliphatic hydroxyl groups is 1. The lowest BCUT2D eigenvalue weighted by Gasteiger charge is -2.04. The van der Waals surface area contributed by atoms with E-state index in [2.05, 4.69) is 15.2 Å². The van der Waals surface area contributed by atoms with Crippen molar-refractivity contribution >= 4 is 11.8 Å². The number of H-pyrrole nitrogens is 2. The summed E-state index contributed by atoms with van der Waals surface area (Å²) in [7, 11) is 0. The van der Waals surface area contributed by atoms with Crippen LogP contribution in [0.4, 0.5) is 0 Å². The largest absolute Gasteiger partial charge is 0.396 e. The highest BCUT2D eigenvalue weighted by Gasteiger charge is 2.06. The number of rotatable bonds is 4. The summed E-state index contributed by atoms with van der Waals surface area (Å²) in [5.74, 6) is 0.673. The molecule has 0 saturated carbocycles. The molecule has 0 aliphatic carbocycles. The van der Waals surface area contributed by atoms with E-state index in [9.17, 15) is 9.59 Å². The van der Waals surface area contributed by atoms with E-state index >= 15 is 0 Å². The molecule has 0 radical (unpaired) electrons. The van der Waals surface area contributed by atoms with Crippen molar-refractivity contribution in [2.45, 2.75) is 11.9 Å². The Bertz CT molecular complexity index is 400. The standard InChI is InChI=1S/C7H11N3O3S/c1-4(2-11)3-14-6-5(12)8-7(13)10-9-6/h4,11H,2-3H2,1H3,(H2,8,10,12,13). The maximum Gasteiger partial charge on any atom is 0.342 e. The second-order valence-corrected chi connectivity index (χ2v) is 3.92. The fraction of sp³-hybridized carbons (Fsp3) is 0.571. The maximum atomic E-state index is 11.1. The van der Waals surface area contributed by atoms with Gasteiger partial charge in [0.1, 0.15) is 0 Å². The maximum absolute atomic E-state index is 11.1. The highest BCUT2D eigenvalue weighted by molar-refractivity contribution is 7.99. The Labute approximate surface area is 83.8 Å². The Hall–Kier alpha value is -1.08. The van der Waals surface area contributed by atoms with Crippen molar-refractivity contribution in [3.63, 3.8) is 0 Å². The Balaban J connectivity index is 2.68. The van der Waals surface area contributed by atoms with Crippen LogP contribution in [0.3, 0.4) is 0 Å². The molecule has 0 bridgehead atoms. The normalized spacial score (nSPS) is 12.7. The van der Waals surface area contributed by atoms with E-state index in [0.717, 1.165) is 0 Å². The number of thioether (sulfide) groups is 1.